The van der Waals surface area contributed by atoms with Gasteiger partial charge in [-0.2, -0.15) is 0 Å². The van der Waals surface area contributed by atoms with Gasteiger partial charge in [0.1, 0.15) is 6.10 Å². The van der Waals surface area contributed by atoms with Crippen molar-refractivity contribution in [2.45, 2.75) is 38.7 Å². The van der Waals surface area contributed by atoms with E-state index in [0.29, 0.717) is 6.42 Å². The first-order valence-electron chi connectivity index (χ1n) is 3.59. The Bertz CT molecular complexity index is 104. The van der Waals surface area contributed by atoms with E-state index in [4.69, 9.17) is 5.11 Å². The van der Waals surface area contributed by atoms with Gasteiger partial charge in [-0.3, -0.25) is 4.79 Å². The smallest absolute Gasteiger partial charge is 0.214 e. The van der Waals surface area contributed by atoms with E-state index in [9.17, 15) is 4.79 Å². The lowest BCUT2D eigenvalue weighted by Gasteiger charge is -2.03. The van der Waals surface area contributed by atoms with Gasteiger partial charge in [0, 0.05) is 0 Å². The Kier molecular flexibility index (Phi) is 5.73. The highest BCUT2D eigenvalue weighted by atomic mass is 32.1. The largest absolute Gasteiger partial charge is 0.384 e. The standard InChI is InChI=1S/C7H14O2S/c1-2-3-4-5-6(8)7(9)10/h6,8H,2-5H2,1H3,(H,9,10). The molecule has 0 bridgehead atoms. The van der Waals surface area contributed by atoms with Gasteiger partial charge in [0.05, 0.1) is 0 Å². The number of carbonyl (C=O) groups excluding carboxylic acids is 1. The van der Waals surface area contributed by atoms with E-state index in [-0.39, 0.29) is 0 Å². The molecule has 1 unspecified atom stereocenters. The molecular formula is C7H14O2S. The van der Waals surface area contributed by atoms with Crippen molar-refractivity contribution in [3.8, 4) is 0 Å². The van der Waals surface area contributed by atoms with Crippen LogP contribution in [-0.4, -0.2) is 16.3 Å². The monoisotopic (exact) mass is 162 g/mol. The van der Waals surface area contributed by atoms with Crippen LogP contribution >= 0.6 is 12.6 Å². The number of thiol groups is 1. The Hall–Kier alpha value is -0.0200. The molecule has 0 heterocycles. The maximum atomic E-state index is 10.4. The second-order valence-electron chi connectivity index (χ2n) is 2.35. The molecule has 0 aromatic rings. The Morgan fingerprint density at radius 1 is 1.60 bits per heavy atom. The summed E-state index contributed by atoms with van der Waals surface area (Å²) in [5.41, 5.74) is 0. The normalized spacial score (nSPS) is 13.1. The minimum atomic E-state index is -0.852. The molecule has 0 aliphatic carbocycles. The number of carbonyl (C=O) groups is 1. The summed E-state index contributed by atoms with van der Waals surface area (Å²) in [6, 6.07) is 0. The molecule has 0 aromatic carbocycles. The number of aliphatic hydroxyl groups excluding tert-OH is 1. The first-order valence-corrected chi connectivity index (χ1v) is 4.04. The van der Waals surface area contributed by atoms with Crippen LogP contribution in [0.25, 0.3) is 0 Å². The van der Waals surface area contributed by atoms with Crippen molar-refractivity contribution in [2.24, 2.45) is 0 Å². The van der Waals surface area contributed by atoms with Gasteiger partial charge in [0.25, 0.3) is 0 Å². The molecule has 0 fully saturated rings. The molecule has 10 heavy (non-hydrogen) atoms. The molecule has 0 amide bonds. The fraction of sp³-hybridized carbons (Fsp3) is 0.857. The molecule has 0 aromatic heterocycles. The first kappa shape index (κ1) is 9.98. The molecular weight excluding hydrogens is 148 g/mol. The van der Waals surface area contributed by atoms with Crippen molar-refractivity contribution in [2.75, 3.05) is 0 Å². The minimum absolute atomic E-state index is 0.420. The van der Waals surface area contributed by atoms with Gasteiger partial charge in [0.2, 0.25) is 5.12 Å². The SMILES string of the molecule is CCCCCC(O)C(=O)S. The van der Waals surface area contributed by atoms with Crippen molar-refractivity contribution >= 4 is 17.7 Å². The maximum Gasteiger partial charge on any atom is 0.214 e. The second kappa shape index (κ2) is 5.74. The maximum absolute atomic E-state index is 10.4. The van der Waals surface area contributed by atoms with Crippen molar-refractivity contribution in [1.82, 2.24) is 0 Å². The molecule has 0 spiro atoms. The van der Waals surface area contributed by atoms with E-state index in [1.54, 1.807) is 0 Å². The van der Waals surface area contributed by atoms with Crippen molar-refractivity contribution in [3.63, 3.8) is 0 Å². The lowest BCUT2D eigenvalue weighted by molar-refractivity contribution is -0.118. The van der Waals surface area contributed by atoms with Gasteiger partial charge < -0.3 is 5.11 Å². The second-order valence-corrected chi connectivity index (χ2v) is 2.79. The molecule has 0 saturated heterocycles. The predicted octanol–water partition coefficient (Wildman–Crippen LogP) is 1.38. The van der Waals surface area contributed by atoms with E-state index in [0.717, 1.165) is 19.3 Å². The number of hydrogen-bond donors (Lipinski definition) is 2. The van der Waals surface area contributed by atoms with Crippen LogP contribution in [0.2, 0.25) is 0 Å². The predicted molar refractivity (Wildman–Crippen MR) is 44.1 cm³/mol. The van der Waals surface area contributed by atoms with Crippen LogP contribution < -0.4 is 0 Å². The molecule has 0 aliphatic rings. The van der Waals surface area contributed by atoms with E-state index >= 15 is 0 Å². The number of hydrogen-bond acceptors (Lipinski definition) is 2. The molecule has 60 valence electrons. The van der Waals surface area contributed by atoms with Crippen LogP contribution in [0.1, 0.15) is 32.6 Å². The summed E-state index contributed by atoms with van der Waals surface area (Å²) in [7, 11) is 0. The van der Waals surface area contributed by atoms with Gasteiger partial charge in [-0.15, -0.1) is 12.6 Å². The van der Waals surface area contributed by atoms with Gasteiger partial charge in [-0.05, 0) is 6.42 Å². The molecule has 1 N–H and O–H groups in total. The number of rotatable bonds is 5. The first-order chi connectivity index (χ1) is 4.68. The molecule has 0 radical (unpaired) electrons. The summed E-state index contributed by atoms with van der Waals surface area (Å²) in [5.74, 6) is 0. The van der Waals surface area contributed by atoms with Crippen LogP contribution in [0.5, 0.6) is 0 Å². The summed E-state index contributed by atoms with van der Waals surface area (Å²) < 4.78 is 0. The van der Waals surface area contributed by atoms with E-state index in [1.807, 2.05) is 0 Å². The van der Waals surface area contributed by atoms with Gasteiger partial charge in [0.15, 0.2) is 0 Å². The summed E-state index contributed by atoms with van der Waals surface area (Å²) in [6.45, 7) is 2.08. The third kappa shape index (κ3) is 4.82. The van der Waals surface area contributed by atoms with Gasteiger partial charge >= 0.3 is 0 Å². The zero-order chi connectivity index (χ0) is 7.98. The van der Waals surface area contributed by atoms with E-state index < -0.39 is 11.2 Å². The highest BCUT2D eigenvalue weighted by Gasteiger charge is 2.08. The average Bonchev–Trinajstić information content (AvgIpc) is 1.88. The fourth-order valence-corrected chi connectivity index (χ4v) is 0.840. The fourth-order valence-electron chi connectivity index (χ4n) is 0.711. The van der Waals surface area contributed by atoms with Crippen LogP contribution in [0, 0.1) is 0 Å². The van der Waals surface area contributed by atoms with Crippen LogP contribution in [0.3, 0.4) is 0 Å². The summed E-state index contributed by atoms with van der Waals surface area (Å²) >= 11 is 3.51. The summed E-state index contributed by atoms with van der Waals surface area (Å²) in [6.07, 6.45) is 2.78. The van der Waals surface area contributed by atoms with E-state index in [2.05, 4.69) is 19.6 Å². The third-order valence-electron chi connectivity index (χ3n) is 1.37. The highest BCUT2D eigenvalue weighted by molar-refractivity contribution is 7.96. The number of aliphatic hydroxyl groups is 1. The lowest BCUT2D eigenvalue weighted by atomic mass is 10.1. The molecule has 0 rings (SSSR count). The summed E-state index contributed by atoms with van der Waals surface area (Å²) in [5, 5.41) is 8.51. The van der Waals surface area contributed by atoms with Crippen molar-refractivity contribution in [3.05, 3.63) is 0 Å². The summed E-state index contributed by atoms with van der Waals surface area (Å²) in [4.78, 5) is 10.4. The average molecular weight is 162 g/mol. The molecule has 1 atom stereocenters. The Morgan fingerprint density at radius 3 is 2.60 bits per heavy atom. The topological polar surface area (TPSA) is 37.3 Å². The zero-order valence-corrected chi connectivity index (χ0v) is 7.10. The van der Waals surface area contributed by atoms with Crippen LogP contribution in [-0.2, 0) is 4.79 Å². The molecule has 0 aliphatic heterocycles. The highest BCUT2D eigenvalue weighted by Crippen LogP contribution is 2.04. The van der Waals surface area contributed by atoms with Crippen molar-refractivity contribution in [1.29, 1.82) is 0 Å². The zero-order valence-electron chi connectivity index (χ0n) is 6.21. The Labute approximate surface area is 67.0 Å². The quantitative estimate of drug-likeness (QED) is 0.473. The van der Waals surface area contributed by atoms with Gasteiger partial charge in [-0.1, -0.05) is 26.2 Å². The third-order valence-corrected chi connectivity index (χ3v) is 1.66. The van der Waals surface area contributed by atoms with E-state index in [1.165, 1.54) is 0 Å². The van der Waals surface area contributed by atoms with Crippen LogP contribution in [0.15, 0.2) is 0 Å². The Morgan fingerprint density at radius 2 is 2.20 bits per heavy atom. The molecule has 3 heteroatoms. The van der Waals surface area contributed by atoms with Crippen LogP contribution in [0.4, 0.5) is 0 Å². The van der Waals surface area contributed by atoms with Gasteiger partial charge in [-0.25, -0.2) is 0 Å². The molecule has 2 nitrogen and oxygen atoms in total. The lowest BCUT2D eigenvalue weighted by Crippen LogP contribution is -2.14. The Balaban J connectivity index is 3.21. The molecule has 0 saturated carbocycles. The minimum Gasteiger partial charge on any atom is -0.384 e. The van der Waals surface area contributed by atoms with Crippen molar-refractivity contribution < 1.29 is 9.90 Å². The number of unbranched alkanes of at least 4 members (excludes halogenated alkanes) is 2.